The Kier molecular flexibility index (Phi) is 5.43. The van der Waals surface area contributed by atoms with E-state index in [0.29, 0.717) is 6.54 Å². The Hall–Kier alpha value is -2.13. The normalized spacial score (nSPS) is 14.5. The molecule has 3 nitrogen and oxygen atoms in total. The highest BCUT2D eigenvalue weighted by atomic mass is 16.1. The second kappa shape index (κ2) is 7.93. The highest BCUT2D eigenvalue weighted by Gasteiger charge is 2.06. The first-order valence-corrected chi connectivity index (χ1v) is 8.49. The lowest BCUT2D eigenvalue weighted by Gasteiger charge is -2.13. The predicted octanol–water partition coefficient (Wildman–Crippen LogP) is 4.26. The van der Waals surface area contributed by atoms with Crippen molar-refractivity contribution in [2.75, 3.05) is 18.4 Å². The lowest BCUT2D eigenvalue weighted by Crippen LogP contribution is -2.29. The maximum atomic E-state index is 12.1. The molecule has 2 N–H and O–H groups in total. The summed E-state index contributed by atoms with van der Waals surface area (Å²) in [6.07, 6.45) is 8.50. The molecule has 0 spiro atoms. The first kappa shape index (κ1) is 15.8. The van der Waals surface area contributed by atoms with Crippen molar-refractivity contribution in [3.8, 4) is 0 Å². The summed E-state index contributed by atoms with van der Waals surface area (Å²) in [4.78, 5) is 12.1. The third kappa shape index (κ3) is 4.42. The molecule has 0 unspecified atom stereocenters. The first-order valence-electron chi connectivity index (χ1n) is 8.49. The van der Waals surface area contributed by atoms with E-state index in [1.807, 2.05) is 30.3 Å². The fraction of sp³-hybridized carbons (Fsp3) is 0.350. The second-order valence-corrected chi connectivity index (χ2v) is 6.11. The highest BCUT2D eigenvalue weighted by Crippen LogP contribution is 2.22. The van der Waals surface area contributed by atoms with E-state index >= 15 is 0 Å². The van der Waals surface area contributed by atoms with E-state index in [2.05, 4.69) is 28.8 Å². The number of anilines is 1. The molecule has 0 aliphatic heterocycles. The van der Waals surface area contributed by atoms with Crippen LogP contribution in [0.25, 0.3) is 10.8 Å². The fourth-order valence-electron chi connectivity index (χ4n) is 3.11. The van der Waals surface area contributed by atoms with Gasteiger partial charge in [0.25, 0.3) is 0 Å². The standard InChI is InChI=1S/C20H24N2O/c23-20(15-21-14-13-16-7-2-1-3-8-16)22-19-12-6-10-17-9-4-5-11-18(17)19/h4-7,9-12,21H,1-3,8,13-15H2,(H,22,23). The lowest BCUT2D eigenvalue weighted by molar-refractivity contribution is -0.115. The van der Waals surface area contributed by atoms with Gasteiger partial charge in [-0.3, -0.25) is 4.79 Å². The quantitative estimate of drug-likeness (QED) is 0.618. The summed E-state index contributed by atoms with van der Waals surface area (Å²) in [6, 6.07) is 14.1. The van der Waals surface area contributed by atoms with Gasteiger partial charge in [-0.2, -0.15) is 0 Å². The minimum Gasteiger partial charge on any atom is -0.324 e. The van der Waals surface area contributed by atoms with Gasteiger partial charge in [-0.1, -0.05) is 48.0 Å². The Bertz CT molecular complexity index is 700. The van der Waals surface area contributed by atoms with Crippen molar-refractivity contribution in [1.29, 1.82) is 0 Å². The van der Waals surface area contributed by atoms with Crippen LogP contribution in [-0.2, 0) is 4.79 Å². The molecule has 0 aromatic heterocycles. The number of nitrogens with one attached hydrogen (secondary N) is 2. The molecule has 0 fully saturated rings. The molecule has 0 bridgehead atoms. The lowest BCUT2D eigenvalue weighted by atomic mass is 9.97. The summed E-state index contributed by atoms with van der Waals surface area (Å²) in [5, 5.41) is 8.48. The van der Waals surface area contributed by atoms with Crippen LogP contribution >= 0.6 is 0 Å². The van der Waals surface area contributed by atoms with E-state index in [0.717, 1.165) is 29.4 Å². The third-order valence-electron chi connectivity index (χ3n) is 4.36. The van der Waals surface area contributed by atoms with E-state index in [1.54, 1.807) is 5.57 Å². The van der Waals surface area contributed by atoms with Gasteiger partial charge in [0, 0.05) is 11.1 Å². The highest BCUT2D eigenvalue weighted by molar-refractivity contribution is 6.02. The number of fused-ring (bicyclic) bond motifs is 1. The molecular formula is C20H24N2O. The first-order chi connectivity index (χ1) is 11.3. The number of amides is 1. The molecule has 1 aliphatic rings. The minimum absolute atomic E-state index is 0.0129. The number of carbonyl (C=O) groups is 1. The fourth-order valence-corrected chi connectivity index (χ4v) is 3.11. The Morgan fingerprint density at radius 3 is 2.78 bits per heavy atom. The molecule has 3 rings (SSSR count). The van der Waals surface area contributed by atoms with Crippen molar-refractivity contribution in [2.24, 2.45) is 0 Å². The maximum absolute atomic E-state index is 12.1. The summed E-state index contributed by atoms with van der Waals surface area (Å²) in [5.41, 5.74) is 2.42. The van der Waals surface area contributed by atoms with Gasteiger partial charge < -0.3 is 10.6 Å². The van der Waals surface area contributed by atoms with Crippen LogP contribution in [0.4, 0.5) is 5.69 Å². The van der Waals surface area contributed by atoms with Crippen LogP contribution < -0.4 is 10.6 Å². The van der Waals surface area contributed by atoms with Crippen LogP contribution in [-0.4, -0.2) is 19.0 Å². The SMILES string of the molecule is O=C(CNCCC1=CCCCC1)Nc1cccc2ccccc12. The van der Waals surface area contributed by atoms with E-state index in [4.69, 9.17) is 0 Å². The van der Waals surface area contributed by atoms with Crippen molar-refractivity contribution in [3.63, 3.8) is 0 Å². The average Bonchev–Trinajstić information content (AvgIpc) is 2.60. The van der Waals surface area contributed by atoms with Gasteiger partial charge in [0.15, 0.2) is 0 Å². The van der Waals surface area contributed by atoms with Crippen LogP contribution in [0.5, 0.6) is 0 Å². The predicted molar refractivity (Wildman–Crippen MR) is 96.6 cm³/mol. The van der Waals surface area contributed by atoms with E-state index in [1.165, 1.54) is 25.7 Å². The number of carbonyl (C=O) groups excluding carboxylic acids is 1. The smallest absolute Gasteiger partial charge is 0.238 e. The molecule has 0 radical (unpaired) electrons. The van der Waals surface area contributed by atoms with Gasteiger partial charge in [0.05, 0.1) is 6.54 Å². The van der Waals surface area contributed by atoms with Crippen molar-refractivity contribution < 1.29 is 4.79 Å². The van der Waals surface area contributed by atoms with Crippen molar-refractivity contribution in [3.05, 3.63) is 54.1 Å². The van der Waals surface area contributed by atoms with E-state index in [9.17, 15) is 4.79 Å². The molecule has 1 amide bonds. The number of allylic oxidation sites excluding steroid dienone is 1. The van der Waals surface area contributed by atoms with Gasteiger partial charge >= 0.3 is 0 Å². The van der Waals surface area contributed by atoms with E-state index in [-0.39, 0.29) is 5.91 Å². The Morgan fingerprint density at radius 2 is 1.91 bits per heavy atom. The maximum Gasteiger partial charge on any atom is 0.238 e. The second-order valence-electron chi connectivity index (χ2n) is 6.11. The molecule has 1 aliphatic carbocycles. The molecule has 2 aromatic carbocycles. The number of benzene rings is 2. The monoisotopic (exact) mass is 308 g/mol. The van der Waals surface area contributed by atoms with Gasteiger partial charge in [-0.15, -0.1) is 0 Å². The van der Waals surface area contributed by atoms with Gasteiger partial charge in [0.1, 0.15) is 0 Å². The molecule has 23 heavy (non-hydrogen) atoms. The summed E-state index contributed by atoms with van der Waals surface area (Å²) in [6.45, 7) is 1.23. The minimum atomic E-state index is 0.0129. The zero-order chi connectivity index (χ0) is 15.9. The average molecular weight is 308 g/mol. The van der Waals surface area contributed by atoms with Crippen molar-refractivity contribution in [1.82, 2.24) is 5.32 Å². The van der Waals surface area contributed by atoms with Crippen LogP contribution in [0.1, 0.15) is 32.1 Å². The Balaban J connectivity index is 1.48. The summed E-state index contributed by atoms with van der Waals surface area (Å²) in [7, 11) is 0. The van der Waals surface area contributed by atoms with Gasteiger partial charge in [-0.25, -0.2) is 0 Å². The molecule has 120 valence electrons. The van der Waals surface area contributed by atoms with Gasteiger partial charge in [0.2, 0.25) is 5.91 Å². The van der Waals surface area contributed by atoms with Crippen LogP contribution in [0.3, 0.4) is 0 Å². The van der Waals surface area contributed by atoms with Crippen molar-refractivity contribution >= 4 is 22.4 Å². The molecule has 3 heteroatoms. The molecule has 0 atom stereocenters. The zero-order valence-corrected chi connectivity index (χ0v) is 13.5. The third-order valence-corrected chi connectivity index (χ3v) is 4.36. The van der Waals surface area contributed by atoms with Crippen LogP contribution in [0.15, 0.2) is 54.1 Å². The van der Waals surface area contributed by atoms with Gasteiger partial charge in [-0.05, 0) is 50.1 Å². The molecule has 0 saturated carbocycles. The topological polar surface area (TPSA) is 41.1 Å². The largest absolute Gasteiger partial charge is 0.324 e. The number of hydrogen-bond donors (Lipinski definition) is 2. The summed E-state index contributed by atoms with van der Waals surface area (Å²) in [5.74, 6) is 0.0129. The molecular weight excluding hydrogens is 284 g/mol. The molecule has 0 heterocycles. The summed E-state index contributed by atoms with van der Waals surface area (Å²) < 4.78 is 0. The van der Waals surface area contributed by atoms with E-state index < -0.39 is 0 Å². The molecule has 2 aromatic rings. The number of rotatable bonds is 6. The Labute approximate surface area is 137 Å². The molecule has 0 saturated heterocycles. The van der Waals surface area contributed by atoms with Crippen LogP contribution in [0.2, 0.25) is 0 Å². The zero-order valence-electron chi connectivity index (χ0n) is 13.5. The van der Waals surface area contributed by atoms with Crippen molar-refractivity contribution in [2.45, 2.75) is 32.1 Å². The van der Waals surface area contributed by atoms with Crippen LogP contribution in [0, 0.1) is 0 Å². The summed E-state index contributed by atoms with van der Waals surface area (Å²) >= 11 is 0. The number of hydrogen-bond acceptors (Lipinski definition) is 2. The Morgan fingerprint density at radius 1 is 1.04 bits per heavy atom.